The normalized spacial score (nSPS) is 15.1. The number of nitrogens with one attached hydrogen (secondary N) is 3. The maximum absolute atomic E-state index is 13.9. The van der Waals surface area contributed by atoms with Crippen LogP contribution in [-0.2, 0) is 9.59 Å². The van der Waals surface area contributed by atoms with E-state index in [2.05, 4.69) is 55.9 Å². The summed E-state index contributed by atoms with van der Waals surface area (Å²) in [6.07, 6.45) is 7.61. The van der Waals surface area contributed by atoms with Crippen molar-refractivity contribution in [1.29, 1.82) is 0 Å². The summed E-state index contributed by atoms with van der Waals surface area (Å²) in [6, 6.07) is 31.3. The molecule has 2 atom stereocenters. The van der Waals surface area contributed by atoms with E-state index in [9.17, 15) is 18.4 Å². The number of carbonyl (C=O) groups excluding carboxylic acids is 2. The molecule has 0 bridgehead atoms. The van der Waals surface area contributed by atoms with Gasteiger partial charge in [0.05, 0.1) is 48.0 Å². The van der Waals surface area contributed by atoms with E-state index in [1.54, 1.807) is 63.0 Å². The number of allylic oxidation sites excluding steroid dienone is 1. The first-order chi connectivity index (χ1) is 37.2. The summed E-state index contributed by atoms with van der Waals surface area (Å²) in [6.45, 7) is 10.2. The Labute approximate surface area is 449 Å². The number of anilines is 6. The first-order valence-corrected chi connectivity index (χ1v) is 24.8. The first kappa shape index (κ1) is 54.5. The predicted molar refractivity (Wildman–Crippen MR) is 300 cm³/mol. The van der Waals surface area contributed by atoms with Crippen LogP contribution in [0.2, 0.25) is 0 Å². The smallest absolute Gasteiger partial charge is 0.247 e. The van der Waals surface area contributed by atoms with Crippen LogP contribution < -0.4 is 40.6 Å². The van der Waals surface area contributed by atoms with Crippen molar-refractivity contribution in [3.8, 4) is 45.3 Å². The van der Waals surface area contributed by atoms with Gasteiger partial charge >= 0.3 is 0 Å². The summed E-state index contributed by atoms with van der Waals surface area (Å²) in [5.74, 6) is 1.85. The standard InChI is InChI=1S/C29H28FN5O3.C26H26FN5O2.C3H3ClO/c1-4-27(36)32-24-14-23(25(37-3)15-26(24)38-21-11-12-35(2)17-21)33-29-31-16-19-8-6-10-22(28(19)34-29)18-7-5-9-20(30)13-18;1-32-10-9-19(15-32)34-23-13-24(33-2)22(12-21(23)28)30-26-29-14-17-6-4-8-20(25(17)31-26)16-5-3-7-18(27)11-16;1-2-3(4)5/h4-10,13-16,21H,1,11-12,17H2,2-3H3,(H,32,36)(H,31,33,34);3-8,11-14,19H,9-10,15,28H2,1-2H3,(H,29,30,31);2H,1H2. The maximum atomic E-state index is 13.9. The number of nitrogens with two attached hydrogens (primary N) is 1. The monoisotopic (exact) mass is 1060 g/mol. The lowest BCUT2D eigenvalue weighted by molar-refractivity contribution is -0.112. The Morgan fingerprint density at radius 3 is 1.56 bits per heavy atom. The fourth-order valence-electron chi connectivity index (χ4n) is 8.74. The highest BCUT2D eigenvalue weighted by molar-refractivity contribution is 6.66. The average Bonchev–Trinajstić information content (AvgIpc) is 4.06. The molecule has 1 amide bonds. The van der Waals surface area contributed by atoms with Crippen LogP contribution in [-0.4, -0.2) is 108 Å². The van der Waals surface area contributed by atoms with Crippen molar-refractivity contribution in [1.82, 2.24) is 29.7 Å². The minimum absolute atomic E-state index is 0.00651. The maximum Gasteiger partial charge on any atom is 0.247 e. The summed E-state index contributed by atoms with van der Waals surface area (Å²) in [5, 5.41) is 10.4. The van der Waals surface area contributed by atoms with Gasteiger partial charge in [0.15, 0.2) is 0 Å². The Morgan fingerprint density at radius 2 is 1.12 bits per heavy atom. The van der Waals surface area contributed by atoms with Crippen LogP contribution >= 0.6 is 11.6 Å². The molecule has 0 saturated carbocycles. The molecule has 8 aromatic rings. The Bertz CT molecular complexity index is 3460. The van der Waals surface area contributed by atoms with Crippen LogP contribution in [0.25, 0.3) is 44.1 Å². The molecular formula is C58H57ClF2N10O6. The molecule has 4 heterocycles. The number of hydrogen-bond donors (Lipinski definition) is 4. The number of nitrogen functional groups attached to an aromatic ring is 1. The number of nitrogens with zero attached hydrogens (tertiary/aromatic N) is 6. The molecule has 2 fully saturated rings. The second-order valence-electron chi connectivity index (χ2n) is 18.1. The lowest BCUT2D eigenvalue weighted by atomic mass is 10.0. The number of likely N-dealkylation sites (tertiary alicyclic amines) is 2. The zero-order valence-electron chi connectivity index (χ0n) is 42.9. The first-order valence-electron chi connectivity index (χ1n) is 24.4. The van der Waals surface area contributed by atoms with E-state index in [1.807, 2.05) is 55.6 Å². The molecule has 2 saturated heterocycles. The molecule has 2 aliphatic rings. The predicted octanol–water partition coefficient (Wildman–Crippen LogP) is 11.2. The second kappa shape index (κ2) is 25.2. The third kappa shape index (κ3) is 14.0. The van der Waals surface area contributed by atoms with Crippen LogP contribution in [0.4, 0.5) is 43.4 Å². The lowest BCUT2D eigenvalue weighted by Crippen LogP contribution is -2.22. The third-order valence-electron chi connectivity index (χ3n) is 12.5. The van der Waals surface area contributed by atoms with E-state index in [-0.39, 0.29) is 29.7 Å². The summed E-state index contributed by atoms with van der Waals surface area (Å²) in [5.41, 5.74) is 12.9. The number of hydrogen-bond acceptors (Lipinski definition) is 15. The van der Waals surface area contributed by atoms with Gasteiger partial charge in [0.1, 0.15) is 46.8 Å². The molecule has 0 aliphatic carbocycles. The SMILES string of the molecule is C=CC(=O)Cl.C=CC(=O)Nc1cc(Nc2ncc3cccc(-c4cccc(F)c4)c3n2)c(OC)cc1OC1CCN(C)C1.COc1cc(OC2CCN(C)C2)c(N)cc1Nc1ncc2cccc(-c3cccc(F)c3)c2n1. The van der Waals surface area contributed by atoms with Crippen LogP contribution in [0.5, 0.6) is 23.0 Å². The van der Waals surface area contributed by atoms with E-state index < -0.39 is 5.24 Å². The van der Waals surface area contributed by atoms with Crippen molar-refractivity contribution in [2.45, 2.75) is 25.0 Å². The molecule has 2 aliphatic heterocycles. The molecule has 0 spiro atoms. The van der Waals surface area contributed by atoms with Gasteiger partial charge in [-0.15, -0.1) is 0 Å². The Hall–Kier alpha value is -8.71. The van der Waals surface area contributed by atoms with Crippen molar-refractivity contribution < 1.29 is 37.3 Å². The molecule has 0 radical (unpaired) electrons. The largest absolute Gasteiger partial charge is 0.494 e. The van der Waals surface area contributed by atoms with E-state index in [1.165, 1.54) is 30.3 Å². The fourth-order valence-corrected chi connectivity index (χ4v) is 8.74. The number of para-hydroxylation sites is 2. The molecule has 2 aromatic heterocycles. The van der Waals surface area contributed by atoms with Gasteiger partial charge in [-0.05, 0) is 98.2 Å². The number of benzene rings is 6. The number of ether oxygens (including phenoxy) is 4. The zero-order valence-corrected chi connectivity index (χ0v) is 43.6. The Morgan fingerprint density at radius 1 is 0.649 bits per heavy atom. The molecular weight excluding hydrogens is 1010 g/mol. The fraction of sp³-hybridized carbons (Fsp3) is 0.207. The third-order valence-corrected chi connectivity index (χ3v) is 12.7. The molecule has 19 heteroatoms. The van der Waals surface area contributed by atoms with Gasteiger partial charge in [0.2, 0.25) is 23.0 Å². The molecule has 5 N–H and O–H groups in total. The van der Waals surface area contributed by atoms with Gasteiger partial charge in [-0.25, -0.2) is 28.7 Å². The highest BCUT2D eigenvalue weighted by atomic mass is 35.5. The number of amides is 1. The Balaban J connectivity index is 0.000000188. The molecule has 16 nitrogen and oxygen atoms in total. The summed E-state index contributed by atoms with van der Waals surface area (Å²) in [7, 11) is 7.26. The second-order valence-corrected chi connectivity index (χ2v) is 18.4. The van der Waals surface area contributed by atoms with Crippen molar-refractivity contribution in [3.05, 3.63) is 159 Å². The van der Waals surface area contributed by atoms with Crippen molar-refractivity contribution in [2.75, 3.05) is 76.2 Å². The van der Waals surface area contributed by atoms with Gasteiger partial charge in [-0.3, -0.25) is 9.59 Å². The van der Waals surface area contributed by atoms with Crippen molar-refractivity contribution in [2.24, 2.45) is 0 Å². The topological polar surface area (TPSA) is 191 Å². The molecule has 10 rings (SSSR count). The van der Waals surface area contributed by atoms with Gasteiger partial charge < -0.3 is 50.4 Å². The molecule has 77 heavy (non-hydrogen) atoms. The number of aromatic nitrogens is 4. The van der Waals surface area contributed by atoms with Gasteiger partial charge in [0, 0.05) is 72.6 Å². The van der Waals surface area contributed by atoms with E-state index in [4.69, 9.17) is 46.3 Å². The van der Waals surface area contributed by atoms with Crippen LogP contribution in [0, 0.1) is 11.6 Å². The summed E-state index contributed by atoms with van der Waals surface area (Å²) in [4.78, 5) is 44.4. The number of halogens is 3. The van der Waals surface area contributed by atoms with Gasteiger partial charge in [-0.2, -0.15) is 0 Å². The van der Waals surface area contributed by atoms with Crippen LogP contribution in [0.3, 0.4) is 0 Å². The minimum atomic E-state index is -0.509. The van der Waals surface area contributed by atoms with Crippen LogP contribution in [0.15, 0.2) is 147 Å². The highest BCUT2D eigenvalue weighted by Gasteiger charge is 2.25. The zero-order chi connectivity index (χ0) is 54.6. The van der Waals surface area contributed by atoms with Gasteiger partial charge in [-0.1, -0.05) is 73.8 Å². The molecule has 396 valence electrons. The van der Waals surface area contributed by atoms with Crippen molar-refractivity contribution in [3.63, 3.8) is 0 Å². The molecule has 6 aromatic carbocycles. The number of likely N-dealkylation sites (N-methyl/N-ethyl adjacent to an activating group) is 2. The van der Waals surface area contributed by atoms with Crippen molar-refractivity contribution >= 4 is 79.2 Å². The van der Waals surface area contributed by atoms with Crippen LogP contribution in [0.1, 0.15) is 12.8 Å². The lowest BCUT2D eigenvalue weighted by Gasteiger charge is -2.20. The molecule has 2 unspecified atom stereocenters. The average molecular weight is 1060 g/mol. The number of methoxy groups -OCH3 is 2. The number of carbonyl (C=O) groups is 2. The summed E-state index contributed by atoms with van der Waals surface area (Å²) < 4.78 is 51.4. The highest BCUT2D eigenvalue weighted by Crippen LogP contribution is 2.40. The summed E-state index contributed by atoms with van der Waals surface area (Å²) >= 11 is 4.71. The van der Waals surface area contributed by atoms with E-state index in [0.29, 0.717) is 74.2 Å². The van der Waals surface area contributed by atoms with Gasteiger partial charge in [0.25, 0.3) is 0 Å². The number of fused-ring (bicyclic) bond motifs is 2. The number of rotatable bonds is 15. The van der Waals surface area contributed by atoms with E-state index in [0.717, 1.165) is 72.6 Å². The minimum Gasteiger partial charge on any atom is -0.494 e. The Kier molecular flexibility index (Phi) is 17.9. The quantitative estimate of drug-likeness (QED) is 0.0430. The van der Waals surface area contributed by atoms with E-state index >= 15 is 0 Å².